The van der Waals surface area contributed by atoms with Crippen LogP contribution in [-0.4, -0.2) is 21.4 Å². The Morgan fingerprint density at radius 1 is 1.40 bits per heavy atom. The molecular weight excluding hydrogens is 280 g/mol. The van der Waals surface area contributed by atoms with Crippen molar-refractivity contribution in [1.29, 1.82) is 0 Å². The van der Waals surface area contributed by atoms with Crippen molar-refractivity contribution in [3.63, 3.8) is 0 Å². The summed E-state index contributed by atoms with van der Waals surface area (Å²) < 4.78 is 0. The number of nitro groups is 1. The van der Waals surface area contributed by atoms with E-state index in [2.05, 4.69) is 15.3 Å². The highest BCUT2D eigenvalue weighted by molar-refractivity contribution is 6.30. The first-order valence-corrected chi connectivity index (χ1v) is 6.43. The fraction of sp³-hybridized carbons (Fsp3) is 0.231. The second-order valence-electron chi connectivity index (χ2n) is 4.13. The van der Waals surface area contributed by atoms with Gasteiger partial charge in [-0.1, -0.05) is 23.7 Å². The van der Waals surface area contributed by atoms with Crippen LogP contribution >= 0.6 is 11.6 Å². The molecule has 0 aliphatic rings. The van der Waals surface area contributed by atoms with Gasteiger partial charge in [-0.15, -0.1) is 0 Å². The normalized spacial score (nSPS) is 10.3. The van der Waals surface area contributed by atoms with Gasteiger partial charge >= 0.3 is 5.69 Å². The number of benzene rings is 1. The van der Waals surface area contributed by atoms with Crippen LogP contribution in [0, 0.1) is 17.0 Å². The summed E-state index contributed by atoms with van der Waals surface area (Å²) in [4.78, 5) is 19.1. The van der Waals surface area contributed by atoms with Crippen LogP contribution in [0.25, 0.3) is 11.3 Å². The van der Waals surface area contributed by atoms with E-state index in [-0.39, 0.29) is 11.4 Å². The van der Waals surface area contributed by atoms with Crippen LogP contribution in [-0.2, 0) is 0 Å². The van der Waals surface area contributed by atoms with Crippen LogP contribution in [0.1, 0.15) is 12.6 Å². The number of aryl methyl sites for hydroxylation is 1. The molecule has 0 radical (unpaired) electrons. The zero-order valence-corrected chi connectivity index (χ0v) is 11.8. The molecule has 104 valence electrons. The lowest BCUT2D eigenvalue weighted by molar-refractivity contribution is -0.385. The third-order valence-electron chi connectivity index (χ3n) is 2.67. The molecule has 0 aliphatic carbocycles. The lowest BCUT2D eigenvalue weighted by Gasteiger charge is -2.08. The summed E-state index contributed by atoms with van der Waals surface area (Å²) in [6.45, 7) is 4.13. The summed E-state index contributed by atoms with van der Waals surface area (Å²) in [6, 6.07) is 6.81. The van der Waals surface area contributed by atoms with Gasteiger partial charge in [-0.05, 0) is 26.0 Å². The Balaban J connectivity index is 2.67. The third-order valence-corrected chi connectivity index (χ3v) is 2.91. The van der Waals surface area contributed by atoms with Crippen LogP contribution in [0.4, 0.5) is 11.6 Å². The van der Waals surface area contributed by atoms with Gasteiger partial charge in [0.25, 0.3) is 0 Å². The third kappa shape index (κ3) is 2.85. The maximum absolute atomic E-state index is 11.2. The molecule has 2 aromatic rings. The molecule has 0 fully saturated rings. The molecule has 1 aromatic carbocycles. The Hall–Kier alpha value is -2.21. The fourth-order valence-corrected chi connectivity index (χ4v) is 2.05. The van der Waals surface area contributed by atoms with E-state index in [0.29, 0.717) is 28.8 Å². The highest BCUT2D eigenvalue weighted by Gasteiger charge is 2.23. The predicted octanol–water partition coefficient (Wildman–Crippen LogP) is 3.45. The van der Waals surface area contributed by atoms with E-state index in [1.165, 1.54) is 0 Å². The van der Waals surface area contributed by atoms with Gasteiger partial charge in [0.2, 0.25) is 5.95 Å². The van der Waals surface area contributed by atoms with Crippen molar-refractivity contribution in [2.24, 2.45) is 0 Å². The van der Waals surface area contributed by atoms with Crippen molar-refractivity contribution in [2.75, 3.05) is 11.9 Å². The molecular formula is C13H13ClN4O2. The van der Waals surface area contributed by atoms with Gasteiger partial charge in [0.05, 0.1) is 4.92 Å². The molecule has 0 saturated carbocycles. The average Bonchev–Trinajstić information content (AvgIpc) is 2.37. The molecule has 0 spiro atoms. The Morgan fingerprint density at radius 2 is 2.15 bits per heavy atom. The van der Waals surface area contributed by atoms with Crippen LogP contribution in [0.2, 0.25) is 5.02 Å². The SMILES string of the molecule is CCNc1nc(C)c([N+](=O)[O-])c(-c2cccc(Cl)c2)n1. The first-order valence-electron chi connectivity index (χ1n) is 6.05. The molecule has 2 rings (SSSR count). The highest BCUT2D eigenvalue weighted by Crippen LogP contribution is 2.32. The number of anilines is 1. The minimum absolute atomic E-state index is 0.103. The lowest BCUT2D eigenvalue weighted by atomic mass is 10.1. The monoisotopic (exact) mass is 292 g/mol. The molecule has 0 saturated heterocycles. The van der Waals surface area contributed by atoms with E-state index in [9.17, 15) is 10.1 Å². The van der Waals surface area contributed by atoms with Gasteiger partial charge in [0.15, 0.2) is 5.69 Å². The van der Waals surface area contributed by atoms with E-state index in [4.69, 9.17) is 11.6 Å². The fourth-order valence-electron chi connectivity index (χ4n) is 1.86. The van der Waals surface area contributed by atoms with Crippen LogP contribution in [0.3, 0.4) is 0 Å². The number of nitrogens with zero attached hydrogens (tertiary/aromatic N) is 3. The second-order valence-corrected chi connectivity index (χ2v) is 4.56. The standard InChI is InChI=1S/C13H13ClN4O2/c1-3-15-13-16-8(2)12(18(19)20)11(17-13)9-5-4-6-10(14)7-9/h4-7H,3H2,1-2H3,(H,15,16,17). The Bertz CT molecular complexity index is 661. The number of halogens is 1. The minimum atomic E-state index is -0.471. The molecule has 0 bridgehead atoms. The average molecular weight is 293 g/mol. The maximum Gasteiger partial charge on any atom is 0.316 e. The molecule has 1 heterocycles. The second kappa shape index (κ2) is 5.83. The van der Waals surface area contributed by atoms with Gasteiger partial charge in [-0.25, -0.2) is 9.97 Å². The van der Waals surface area contributed by atoms with Crippen molar-refractivity contribution in [1.82, 2.24) is 9.97 Å². The molecule has 7 heteroatoms. The molecule has 6 nitrogen and oxygen atoms in total. The minimum Gasteiger partial charge on any atom is -0.354 e. The van der Waals surface area contributed by atoms with Crippen LogP contribution in [0.5, 0.6) is 0 Å². The topological polar surface area (TPSA) is 81.0 Å². The van der Waals surface area contributed by atoms with Crippen molar-refractivity contribution in [3.8, 4) is 11.3 Å². The summed E-state index contributed by atoms with van der Waals surface area (Å²) in [7, 11) is 0. The number of rotatable bonds is 4. The predicted molar refractivity (Wildman–Crippen MR) is 78.0 cm³/mol. The zero-order valence-electron chi connectivity index (χ0n) is 11.1. The zero-order chi connectivity index (χ0) is 14.7. The Labute approximate surface area is 121 Å². The number of nitrogens with one attached hydrogen (secondary N) is 1. The summed E-state index contributed by atoms with van der Waals surface area (Å²) in [5.74, 6) is 0.366. The summed E-state index contributed by atoms with van der Waals surface area (Å²) in [6.07, 6.45) is 0. The summed E-state index contributed by atoms with van der Waals surface area (Å²) >= 11 is 5.94. The van der Waals surface area contributed by atoms with Gasteiger partial charge in [-0.3, -0.25) is 10.1 Å². The number of hydrogen-bond acceptors (Lipinski definition) is 5. The van der Waals surface area contributed by atoms with E-state index in [0.717, 1.165) is 0 Å². The highest BCUT2D eigenvalue weighted by atomic mass is 35.5. The molecule has 20 heavy (non-hydrogen) atoms. The van der Waals surface area contributed by atoms with Crippen LogP contribution < -0.4 is 5.32 Å². The lowest BCUT2D eigenvalue weighted by Crippen LogP contribution is -2.07. The van der Waals surface area contributed by atoms with Crippen molar-refractivity contribution in [2.45, 2.75) is 13.8 Å². The van der Waals surface area contributed by atoms with Crippen molar-refractivity contribution in [3.05, 3.63) is 45.1 Å². The Kier molecular flexibility index (Phi) is 4.14. The van der Waals surface area contributed by atoms with Gasteiger partial charge in [0.1, 0.15) is 5.69 Å². The van der Waals surface area contributed by atoms with Gasteiger partial charge in [-0.2, -0.15) is 0 Å². The molecule has 0 amide bonds. The van der Waals surface area contributed by atoms with E-state index in [1.807, 2.05) is 6.92 Å². The van der Waals surface area contributed by atoms with Crippen molar-refractivity contribution >= 4 is 23.2 Å². The molecule has 0 unspecified atom stereocenters. The van der Waals surface area contributed by atoms with E-state index < -0.39 is 4.92 Å². The van der Waals surface area contributed by atoms with Gasteiger partial charge in [0, 0.05) is 17.1 Å². The molecule has 1 N–H and O–H groups in total. The van der Waals surface area contributed by atoms with Crippen molar-refractivity contribution < 1.29 is 4.92 Å². The molecule has 1 aromatic heterocycles. The summed E-state index contributed by atoms with van der Waals surface area (Å²) in [5, 5.41) is 14.7. The molecule has 0 atom stereocenters. The van der Waals surface area contributed by atoms with Gasteiger partial charge < -0.3 is 5.32 Å². The Morgan fingerprint density at radius 3 is 2.75 bits per heavy atom. The van der Waals surface area contributed by atoms with Crippen LogP contribution in [0.15, 0.2) is 24.3 Å². The number of aromatic nitrogens is 2. The molecule has 0 aliphatic heterocycles. The largest absolute Gasteiger partial charge is 0.354 e. The van der Waals surface area contributed by atoms with E-state index in [1.54, 1.807) is 31.2 Å². The first-order chi connectivity index (χ1) is 9.52. The smallest absolute Gasteiger partial charge is 0.316 e. The maximum atomic E-state index is 11.2. The van der Waals surface area contributed by atoms with E-state index >= 15 is 0 Å². The number of hydrogen-bond donors (Lipinski definition) is 1. The first kappa shape index (κ1) is 14.2. The summed E-state index contributed by atoms with van der Waals surface area (Å²) in [5.41, 5.74) is 1.07. The quantitative estimate of drug-likeness (QED) is 0.689.